The van der Waals surface area contributed by atoms with Crippen LogP contribution in [0.4, 0.5) is 0 Å². The molecule has 2 unspecified atom stereocenters. The number of esters is 1. The fraction of sp³-hybridized carbons (Fsp3) is 0.562. The Hall–Kier alpha value is -1.75. The van der Waals surface area contributed by atoms with Gasteiger partial charge in [-0.3, -0.25) is 4.79 Å². The van der Waals surface area contributed by atoms with E-state index in [1.54, 1.807) is 21.0 Å². The van der Waals surface area contributed by atoms with Crippen molar-refractivity contribution < 1.29 is 19.0 Å². The van der Waals surface area contributed by atoms with Gasteiger partial charge in [-0.15, -0.1) is 0 Å². The van der Waals surface area contributed by atoms with E-state index in [1.807, 2.05) is 19.1 Å². The maximum absolute atomic E-state index is 11.6. The topological polar surface area (TPSA) is 56.8 Å². The van der Waals surface area contributed by atoms with Crippen LogP contribution in [0.3, 0.4) is 0 Å². The lowest BCUT2D eigenvalue weighted by molar-refractivity contribution is -0.145. The number of ether oxygens (including phenoxy) is 3. The van der Waals surface area contributed by atoms with Crippen molar-refractivity contribution in [2.75, 3.05) is 13.7 Å². The average molecular weight is 293 g/mol. The minimum Gasteiger partial charge on any atom is -0.496 e. The van der Waals surface area contributed by atoms with E-state index in [2.05, 4.69) is 5.32 Å². The van der Waals surface area contributed by atoms with Crippen LogP contribution in [-0.4, -0.2) is 31.8 Å². The van der Waals surface area contributed by atoms with E-state index >= 15 is 0 Å². The lowest BCUT2D eigenvalue weighted by Gasteiger charge is -2.15. The first-order chi connectivity index (χ1) is 10.0. The second kappa shape index (κ2) is 6.80. The summed E-state index contributed by atoms with van der Waals surface area (Å²) in [7, 11) is 1.65. The number of nitrogens with one attached hydrogen (secondary N) is 1. The molecule has 0 saturated heterocycles. The summed E-state index contributed by atoms with van der Waals surface area (Å²) in [5, 5.41) is 3.15. The Bertz CT molecular complexity index is 515. The fourth-order valence-corrected chi connectivity index (χ4v) is 2.42. The average Bonchev–Trinajstić information content (AvgIpc) is 2.82. The molecule has 2 atom stereocenters. The van der Waals surface area contributed by atoms with E-state index in [1.165, 1.54) is 5.56 Å². The van der Waals surface area contributed by atoms with Gasteiger partial charge in [0.2, 0.25) is 0 Å². The SMILES string of the molecule is CCOC(=O)C(C)NCc1cc2c(cc1OC)CC(C)O2. The highest BCUT2D eigenvalue weighted by atomic mass is 16.5. The highest BCUT2D eigenvalue weighted by Gasteiger charge is 2.22. The zero-order valence-electron chi connectivity index (χ0n) is 13.1. The Balaban J connectivity index is 2.06. The van der Waals surface area contributed by atoms with Crippen LogP contribution in [0, 0.1) is 0 Å². The third kappa shape index (κ3) is 3.67. The van der Waals surface area contributed by atoms with Crippen LogP contribution in [0.5, 0.6) is 11.5 Å². The van der Waals surface area contributed by atoms with Crippen molar-refractivity contribution in [3.63, 3.8) is 0 Å². The molecule has 0 radical (unpaired) electrons. The van der Waals surface area contributed by atoms with Crippen molar-refractivity contribution in [2.24, 2.45) is 0 Å². The number of hydrogen-bond donors (Lipinski definition) is 1. The monoisotopic (exact) mass is 293 g/mol. The zero-order valence-corrected chi connectivity index (χ0v) is 13.1. The Morgan fingerprint density at radius 3 is 2.95 bits per heavy atom. The van der Waals surface area contributed by atoms with Crippen LogP contribution in [0.25, 0.3) is 0 Å². The molecular formula is C16H23NO4. The molecule has 1 aromatic rings. The molecule has 0 bridgehead atoms. The third-order valence-corrected chi connectivity index (χ3v) is 3.54. The van der Waals surface area contributed by atoms with Crippen LogP contribution in [0.1, 0.15) is 31.9 Å². The van der Waals surface area contributed by atoms with Crippen molar-refractivity contribution in [3.8, 4) is 11.5 Å². The van der Waals surface area contributed by atoms with Gasteiger partial charge in [0.1, 0.15) is 23.6 Å². The van der Waals surface area contributed by atoms with Gasteiger partial charge in [-0.25, -0.2) is 0 Å². The van der Waals surface area contributed by atoms with Gasteiger partial charge in [0.05, 0.1) is 13.7 Å². The molecule has 2 rings (SSSR count). The summed E-state index contributed by atoms with van der Waals surface area (Å²) in [6, 6.07) is 3.65. The zero-order chi connectivity index (χ0) is 15.4. The molecule has 1 heterocycles. The number of rotatable bonds is 6. The minimum absolute atomic E-state index is 0.200. The second-order valence-corrected chi connectivity index (χ2v) is 5.26. The van der Waals surface area contributed by atoms with Gasteiger partial charge >= 0.3 is 5.97 Å². The van der Waals surface area contributed by atoms with Crippen molar-refractivity contribution in [1.29, 1.82) is 0 Å². The fourth-order valence-electron chi connectivity index (χ4n) is 2.42. The smallest absolute Gasteiger partial charge is 0.322 e. The van der Waals surface area contributed by atoms with Gasteiger partial charge in [0.25, 0.3) is 0 Å². The Kier molecular flexibility index (Phi) is 5.07. The first-order valence-electron chi connectivity index (χ1n) is 7.31. The van der Waals surface area contributed by atoms with E-state index in [-0.39, 0.29) is 18.1 Å². The van der Waals surface area contributed by atoms with Crippen molar-refractivity contribution in [2.45, 2.75) is 45.9 Å². The molecule has 1 aliphatic rings. The molecular weight excluding hydrogens is 270 g/mol. The number of carbonyl (C=O) groups excluding carboxylic acids is 1. The number of fused-ring (bicyclic) bond motifs is 1. The number of carbonyl (C=O) groups is 1. The van der Waals surface area contributed by atoms with E-state index in [0.717, 1.165) is 23.5 Å². The molecule has 116 valence electrons. The summed E-state index contributed by atoms with van der Waals surface area (Å²) in [4.78, 5) is 11.6. The summed E-state index contributed by atoms with van der Waals surface area (Å²) in [6.07, 6.45) is 1.10. The molecule has 0 aromatic heterocycles. The maximum atomic E-state index is 11.6. The summed E-state index contributed by atoms with van der Waals surface area (Å²) in [5.74, 6) is 1.47. The third-order valence-electron chi connectivity index (χ3n) is 3.54. The first kappa shape index (κ1) is 15.6. The van der Waals surface area contributed by atoms with Gasteiger partial charge in [-0.1, -0.05) is 0 Å². The maximum Gasteiger partial charge on any atom is 0.322 e. The van der Waals surface area contributed by atoms with Crippen LogP contribution in [0.15, 0.2) is 12.1 Å². The molecule has 21 heavy (non-hydrogen) atoms. The number of methoxy groups -OCH3 is 1. The van der Waals surface area contributed by atoms with Crippen molar-refractivity contribution >= 4 is 5.97 Å². The second-order valence-electron chi connectivity index (χ2n) is 5.26. The molecule has 0 amide bonds. The molecule has 5 nitrogen and oxygen atoms in total. The van der Waals surface area contributed by atoms with Crippen molar-refractivity contribution in [1.82, 2.24) is 5.32 Å². The van der Waals surface area contributed by atoms with Gasteiger partial charge < -0.3 is 19.5 Å². The molecule has 1 aromatic carbocycles. The van der Waals surface area contributed by atoms with E-state index in [4.69, 9.17) is 14.2 Å². The quantitative estimate of drug-likeness (QED) is 0.814. The van der Waals surface area contributed by atoms with E-state index in [0.29, 0.717) is 13.2 Å². The highest BCUT2D eigenvalue weighted by molar-refractivity contribution is 5.75. The summed E-state index contributed by atoms with van der Waals surface area (Å²) in [6.45, 7) is 6.54. The van der Waals surface area contributed by atoms with Gasteiger partial charge in [0, 0.05) is 24.1 Å². The van der Waals surface area contributed by atoms with Crippen molar-refractivity contribution in [3.05, 3.63) is 23.3 Å². The molecule has 0 fully saturated rings. The molecule has 0 spiro atoms. The van der Waals surface area contributed by atoms with E-state index in [9.17, 15) is 4.79 Å². The standard InChI is InChI=1S/C16H23NO4/c1-5-20-16(18)11(3)17-9-13-8-15-12(6-10(2)21-15)7-14(13)19-4/h7-8,10-11,17H,5-6,9H2,1-4H3. The molecule has 0 saturated carbocycles. The normalized spacial score (nSPS) is 17.8. The number of benzene rings is 1. The van der Waals surface area contributed by atoms with Crippen LogP contribution >= 0.6 is 0 Å². The summed E-state index contributed by atoms with van der Waals surface area (Å²) < 4.78 is 16.2. The van der Waals surface area contributed by atoms with Crippen LogP contribution < -0.4 is 14.8 Å². The largest absolute Gasteiger partial charge is 0.496 e. The summed E-state index contributed by atoms with van der Waals surface area (Å²) >= 11 is 0. The molecule has 1 N–H and O–H groups in total. The predicted octanol–water partition coefficient (Wildman–Crippen LogP) is 2.06. The molecule has 1 aliphatic heterocycles. The first-order valence-corrected chi connectivity index (χ1v) is 7.31. The van der Waals surface area contributed by atoms with Crippen LogP contribution in [-0.2, 0) is 22.5 Å². The van der Waals surface area contributed by atoms with Gasteiger partial charge in [-0.05, 0) is 32.9 Å². The lowest BCUT2D eigenvalue weighted by Crippen LogP contribution is -2.35. The predicted molar refractivity (Wildman–Crippen MR) is 79.7 cm³/mol. The Morgan fingerprint density at radius 1 is 1.52 bits per heavy atom. The Labute approximate surface area is 125 Å². The lowest BCUT2D eigenvalue weighted by atomic mass is 10.1. The number of hydrogen-bond acceptors (Lipinski definition) is 5. The van der Waals surface area contributed by atoms with Gasteiger partial charge in [-0.2, -0.15) is 0 Å². The van der Waals surface area contributed by atoms with Gasteiger partial charge in [0.15, 0.2) is 0 Å². The molecule has 0 aliphatic carbocycles. The molecule has 5 heteroatoms. The summed E-state index contributed by atoms with van der Waals surface area (Å²) in [5.41, 5.74) is 2.14. The van der Waals surface area contributed by atoms with Crippen LogP contribution in [0.2, 0.25) is 0 Å². The minimum atomic E-state index is -0.359. The highest BCUT2D eigenvalue weighted by Crippen LogP contribution is 2.34. The van der Waals surface area contributed by atoms with E-state index < -0.39 is 0 Å². The Morgan fingerprint density at radius 2 is 2.29 bits per heavy atom.